The molecular formula is C12H15Br2NOS. The van der Waals surface area contributed by atoms with E-state index in [1.54, 1.807) is 0 Å². The molecule has 1 amide bonds. The molecule has 1 aliphatic carbocycles. The molecule has 0 spiro atoms. The Morgan fingerprint density at radius 1 is 1.53 bits per heavy atom. The number of nitrogens with one attached hydrogen (secondary N) is 1. The second-order valence-electron chi connectivity index (χ2n) is 4.44. The number of rotatable bonds is 3. The second kappa shape index (κ2) is 6.34. The summed E-state index contributed by atoms with van der Waals surface area (Å²) in [6, 6.07) is 1.91. The molecule has 1 aromatic rings. The third-order valence-electron chi connectivity index (χ3n) is 3.09. The van der Waals surface area contributed by atoms with Crippen LogP contribution in [0.15, 0.2) is 15.9 Å². The van der Waals surface area contributed by atoms with E-state index in [1.807, 2.05) is 11.4 Å². The minimum Gasteiger partial charge on any atom is -0.351 e. The van der Waals surface area contributed by atoms with Gasteiger partial charge in [-0.05, 0) is 52.6 Å². The van der Waals surface area contributed by atoms with Crippen molar-refractivity contribution < 1.29 is 4.79 Å². The molecule has 0 bridgehead atoms. The van der Waals surface area contributed by atoms with E-state index < -0.39 is 0 Å². The van der Waals surface area contributed by atoms with Gasteiger partial charge in [0.25, 0.3) is 5.91 Å². The summed E-state index contributed by atoms with van der Waals surface area (Å²) in [7, 11) is 0. The van der Waals surface area contributed by atoms with Crippen LogP contribution in [-0.2, 0) is 0 Å². The third-order valence-corrected chi connectivity index (χ3v) is 5.76. The summed E-state index contributed by atoms with van der Waals surface area (Å²) in [5.41, 5.74) is 0. The number of carbonyl (C=O) groups excluding carboxylic acids is 1. The normalized spacial score (nSPS) is 24.6. The average molecular weight is 381 g/mol. The van der Waals surface area contributed by atoms with Gasteiger partial charge in [0.2, 0.25) is 0 Å². The number of halogens is 2. The van der Waals surface area contributed by atoms with Crippen LogP contribution in [0.4, 0.5) is 0 Å². The monoisotopic (exact) mass is 379 g/mol. The van der Waals surface area contributed by atoms with Gasteiger partial charge in [0.15, 0.2) is 0 Å². The summed E-state index contributed by atoms with van der Waals surface area (Å²) < 4.78 is 0.891. The van der Waals surface area contributed by atoms with Crippen molar-refractivity contribution in [2.75, 3.05) is 6.54 Å². The van der Waals surface area contributed by atoms with Crippen LogP contribution in [0, 0.1) is 5.92 Å². The van der Waals surface area contributed by atoms with Gasteiger partial charge in [-0.2, -0.15) is 0 Å². The molecule has 0 radical (unpaired) electrons. The fraction of sp³-hybridized carbons (Fsp3) is 0.583. The van der Waals surface area contributed by atoms with Crippen LogP contribution in [0.3, 0.4) is 0 Å². The van der Waals surface area contributed by atoms with Crippen molar-refractivity contribution in [3.05, 3.63) is 20.8 Å². The zero-order valence-corrected chi connectivity index (χ0v) is 13.4. The molecule has 94 valence electrons. The molecule has 2 unspecified atom stereocenters. The van der Waals surface area contributed by atoms with Crippen molar-refractivity contribution in [1.29, 1.82) is 0 Å². The minimum atomic E-state index is 0.0450. The molecular weight excluding hydrogens is 366 g/mol. The Kier molecular flexibility index (Phi) is 5.06. The second-order valence-corrected chi connectivity index (χ2v) is 7.50. The van der Waals surface area contributed by atoms with E-state index in [4.69, 9.17) is 0 Å². The molecule has 1 fully saturated rings. The number of alkyl halides is 1. The summed E-state index contributed by atoms with van der Waals surface area (Å²) in [6.45, 7) is 0.797. The number of hydrogen-bond donors (Lipinski definition) is 1. The molecule has 2 nitrogen and oxygen atoms in total. The molecule has 2 rings (SSSR count). The van der Waals surface area contributed by atoms with E-state index in [2.05, 4.69) is 37.2 Å². The quantitative estimate of drug-likeness (QED) is 0.782. The molecule has 17 heavy (non-hydrogen) atoms. The summed E-state index contributed by atoms with van der Waals surface area (Å²) in [4.78, 5) is 13.3. The van der Waals surface area contributed by atoms with Gasteiger partial charge in [-0.1, -0.05) is 22.4 Å². The number of amides is 1. The van der Waals surface area contributed by atoms with Crippen molar-refractivity contribution in [3.63, 3.8) is 0 Å². The lowest BCUT2D eigenvalue weighted by Gasteiger charge is -2.25. The largest absolute Gasteiger partial charge is 0.351 e. The van der Waals surface area contributed by atoms with Crippen LogP contribution in [0.2, 0.25) is 0 Å². The minimum absolute atomic E-state index is 0.0450. The predicted octanol–water partition coefficient (Wildman–Crippen LogP) is 4.19. The van der Waals surface area contributed by atoms with E-state index >= 15 is 0 Å². The SMILES string of the molecule is O=C(NCC1CCCC(Br)C1)c1sccc1Br. The molecule has 1 aliphatic rings. The number of carbonyl (C=O) groups is 1. The standard InChI is InChI=1S/C12H15Br2NOS/c13-9-3-1-2-8(6-9)7-15-12(16)11-10(14)4-5-17-11/h4-5,8-9H,1-3,6-7H2,(H,15,16). The summed E-state index contributed by atoms with van der Waals surface area (Å²) in [6.07, 6.45) is 4.93. The number of hydrogen-bond acceptors (Lipinski definition) is 2. The highest BCUT2D eigenvalue weighted by atomic mass is 79.9. The van der Waals surface area contributed by atoms with Crippen LogP contribution >= 0.6 is 43.2 Å². The lowest BCUT2D eigenvalue weighted by Crippen LogP contribution is -2.31. The van der Waals surface area contributed by atoms with Crippen molar-refractivity contribution in [1.82, 2.24) is 5.32 Å². The number of thiophene rings is 1. The van der Waals surface area contributed by atoms with Crippen LogP contribution in [0.25, 0.3) is 0 Å². The van der Waals surface area contributed by atoms with E-state index in [1.165, 1.54) is 37.0 Å². The topological polar surface area (TPSA) is 29.1 Å². The highest BCUT2D eigenvalue weighted by Crippen LogP contribution is 2.28. The predicted molar refractivity (Wildman–Crippen MR) is 79.0 cm³/mol. The zero-order valence-electron chi connectivity index (χ0n) is 9.42. The molecule has 2 atom stereocenters. The van der Waals surface area contributed by atoms with Gasteiger partial charge in [0.05, 0.1) is 0 Å². The van der Waals surface area contributed by atoms with Crippen molar-refractivity contribution in [2.24, 2.45) is 5.92 Å². The maximum atomic E-state index is 11.9. The Hall–Kier alpha value is 0.130. The molecule has 1 N–H and O–H groups in total. The first-order valence-corrected chi connectivity index (χ1v) is 8.41. The Morgan fingerprint density at radius 2 is 2.35 bits per heavy atom. The van der Waals surface area contributed by atoms with E-state index in [0.29, 0.717) is 10.7 Å². The molecule has 0 aliphatic heterocycles. The van der Waals surface area contributed by atoms with E-state index in [0.717, 1.165) is 15.9 Å². The molecule has 1 heterocycles. The lowest BCUT2D eigenvalue weighted by molar-refractivity contribution is 0.0947. The third kappa shape index (κ3) is 3.80. The van der Waals surface area contributed by atoms with Crippen LogP contribution < -0.4 is 5.32 Å². The summed E-state index contributed by atoms with van der Waals surface area (Å²) in [5, 5.41) is 4.96. The van der Waals surface area contributed by atoms with Gasteiger partial charge in [-0.25, -0.2) is 0 Å². The summed E-state index contributed by atoms with van der Waals surface area (Å²) in [5.74, 6) is 0.666. The van der Waals surface area contributed by atoms with E-state index in [9.17, 15) is 4.79 Å². The summed E-state index contributed by atoms with van der Waals surface area (Å²) >= 11 is 8.53. The van der Waals surface area contributed by atoms with Gasteiger partial charge in [-0.15, -0.1) is 11.3 Å². The average Bonchev–Trinajstić information content (AvgIpc) is 2.72. The fourth-order valence-corrected chi connectivity index (χ4v) is 4.50. The van der Waals surface area contributed by atoms with Crippen LogP contribution in [-0.4, -0.2) is 17.3 Å². The van der Waals surface area contributed by atoms with Crippen LogP contribution in [0.5, 0.6) is 0 Å². The molecule has 0 saturated heterocycles. The van der Waals surface area contributed by atoms with Gasteiger partial charge >= 0.3 is 0 Å². The maximum absolute atomic E-state index is 11.9. The fourth-order valence-electron chi connectivity index (χ4n) is 2.18. The van der Waals surface area contributed by atoms with Crippen molar-refractivity contribution in [2.45, 2.75) is 30.5 Å². The zero-order chi connectivity index (χ0) is 12.3. The van der Waals surface area contributed by atoms with Gasteiger partial charge in [0, 0.05) is 15.8 Å². The molecule has 0 aromatic carbocycles. The first-order valence-electron chi connectivity index (χ1n) is 5.82. The van der Waals surface area contributed by atoms with Crippen molar-refractivity contribution >= 4 is 49.1 Å². The molecule has 1 aromatic heterocycles. The van der Waals surface area contributed by atoms with Gasteiger partial charge in [0.1, 0.15) is 4.88 Å². The Morgan fingerprint density at radius 3 is 3.00 bits per heavy atom. The maximum Gasteiger partial charge on any atom is 0.262 e. The van der Waals surface area contributed by atoms with Gasteiger partial charge < -0.3 is 5.32 Å². The Labute approximate surface area is 122 Å². The smallest absolute Gasteiger partial charge is 0.262 e. The molecule has 5 heteroatoms. The highest BCUT2D eigenvalue weighted by Gasteiger charge is 2.21. The van der Waals surface area contributed by atoms with Crippen molar-refractivity contribution in [3.8, 4) is 0 Å². The Balaban J connectivity index is 1.82. The molecule has 1 saturated carbocycles. The van der Waals surface area contributed by atoms with Crippen LogP contribution in [0.1, 0.15) is 35.4 Å². The lowest BCUT2D eigenvalue weighted by atomic mass is 9.89. The Bertz CT molecular complexity index is 394. The van der Waals surface area contributed by atoms with E-state index in [-0.39, 0.29) is 5.91 Å². The first-order chi connectivity index (χ1) is 8.16. The highest BCUT2D eigenvalue weighted by molar-refractivity contribution is 9.10. The first kappa shape index (κ1) is 13.6. The van der Waals surface area contributed by atoms with Gasteiger partial charge in [-0.3, -0.25) is 4.79 Å².